The summed E-state index contributed by atoms with van der Waals surface area (Å²) in [6, 6.07) is 9.63. The average Bonchev–Trinajstić information content (AvgIpc) is 2.80. The second-order valence-corrected chi connectivity index (χ2v) is 9.31. The molecule has 1 nitrogen and oxygen atoms in total. The maximum atomic E-state index is 14.2. The molecular weight excluding hydrogens is 437 g/mol. The van der Waals surface area contributed by atoms with E-state index in [1.165, 1.54) is 68.6 Å². The molecule has 0 radical (unpaired) electrons. The molecule has 2 aromatic carbocycles. The maximum Gasteiger partial charge on any atom is 0.152 e. The lowest BCUT2D eigenvalue weighted by atomic mass is 9.76. The van der Waals surface area contributed by atoms with Gasteiger partial charge in [-0.1, -0.05) is 75.1 Å². The summed E-state index contributed by atoms with van der Waals surface area (Å²) in [6.45, 7) is 4.43. The van der Waals surface area contributed by atoms with Gasteiger partial charge < -0.3 is 0 Å². The number of nitrogens with zero attached hydrogens (tertiary/aromatic N) is 1. The van der Waals surface area contributed by atoms with Crippen molar-refractivity contribution in [2.75, 3.05) is 0 Å². The zero-order chi connectivity index (χ0) is 22.9. The minimum absolute atomic E-state index is 0.00546. The van der Waals surface area contributed by atoms with Crippen LogP contribution in [0.1, 0.15) is 93.4 Å². The quantitative estimate of drug-likeness (QED) is 0.171. The van der Waals surface area contributed by atoms with Crippen LogP contribution < -0.4 is 0 Å². The molecule has 0 N–H and O–H groups in total. The van der Waals surface area contributed by atoms with Crippen LogP contribution in [0.25, 0.3) is 0 Å². The summed E-state index contributed by atoms with van der Waals surface area (Å²) >= 11 is 10.7. The third-order valence-electron chi connectivity index (χ3n) is 6.56. The number of aliphatic imine (C=N–C) groups is 1. The van der Waals surface area contributed by atoms with Gasteiger partial charge in [-0.25, -0.2) is 4.39 Å². The first-order valence-electron chi connectivity index (χ1n) is 11.8. The summed E-state index contributed by atoms with van der Waals surface area (Å²) in [7, 11) is 0. The lowest BCUT2D eigenvalue weighted by Gasteiger charge is -2.29. The monoisotopic (exact) mass is 467 g/mol. The van der Waals surface area contributed by atoms with Gasteiger partial charge in [0.25, 0.3) is 0 Å². The molecule has 0 aromatic heterocycles. The maximum absolute atomic E-state index is 14.2. The zero-order valence-electron chi connectivity index (χ0n) is 19.0. The van der Waals surface area contributed by atoms with E-state index in [4.69, 9.17) is 11.6 Å². The number of unbranched alkanes of at least 4 members (excludes halogenated alkanes) is 2. The highest BCUT2D eigenvalue weighted by Gasteiger charge is 2.22. The molecule has 0 atom stereocenters. The number of aryl methyl sites for hydroxylation is 1. The van der Waals surface area contributed by atoms with Gasteiger partial charge in [-0.15, -0.1) is 0 Å². The molecule has 168 valence electrons. The minimum atomic E-state index is -0.546. The predicted octanol–water partition coefficient (Wildman–Crippen LogP) is 9.03. The highest BCUT2D eigenvalue weighted by atomic mass is 35.5. The highest BCUT2D eigenvalue weighted by molar-refractivity contribution is 7.78. The summed E-state index contributed by atoms with van der Waals surface area (Å²) in [5.74, 6) is 7.30. The summed E-state index contributed by atoms with van der Waals surface area (Å²) in [5, 5.41) is 2.34. The molecule has 0 bridgehead atoms. The van der Waals surface area contributed by atoms with Crippen molar-refractivity contribution in [3.63, 3.8) is 0 Å². The van der Waals surface area contributed by atoms with Crippen molar-refractivity contribution in [1.82, 2.24) is 0 Å². The van der Waals surface area contributed by atoms with E-state index in [9.17, 15) is 4.39 Å². The van der Waals surface area contributed by atoms with Crippen LogP contribution in [0.2, 0.25) is 5.02 Å². The number of rotatable bonds is 7. The SMILES string of the molecule is CCCCCC1CCC(c2ccc(C#Cc3cc(F)c(N=C=S)c(Cl)c3)c(CC)c2)CC1. The Morgan fingerprint density at radius 3 is 2.50 bits per heavy atom. The van der Waals surface area contributed by atoms with E-state index in [1.807, 2.05) is 0 Å². The van der Waals surface area contributed by atoms with E-state index in [0.29, 0.717) is 11.5 Å². The van der Waals surface area contributed by atoms with E-state index in [-0.39, 0.29) is 10.7 Å². The number of hydrogen-bond acceptors (Lipinski definition) is 2. The first-order chi connectivity index (χ1) is 15.5. The zero-order valence-corrected chi connectivity index (χ0v) is 20.6. The molecule has 0 heterocycles. The smallest absolute Gasteiger partial charge is 0.152 e. The normalized spacial score (nSPS) is 17.9. The fraction of sp³-hybridized carbons (Fsp3) is 0.464. The molecule has 0 unspecified atom stereocenters. The van der Waals surface area contributed by atoms with Crippen LogP contribution in [0.3, 0.4) is 0 Å². The Balaban J connectivity index is 1.72. The van der Waals surface area contributed by atoms with Crippen LogP contribution in [-0.2, 0) is 6.42 Å². The van der Waals surface area contributed by atoms with Crippen LogP contribution in [-0.4, -0.2) is 5.16 Å². The lowest BCUT2D eigenvalue weighted by Crippen LogP contribution is -2.13. The molecule has 3 rings (SSSR count). The number of isothiocyanates is 1. The van der Waals surface area contributed by atoms with Crippen LogP contribution in [0.15, 0.2) is 35.3 Å². The van der Waals surface area contributed by atoms with Gasteiger partial charge in [-0.3, -0.25) is 0 Å². The fourth-order valence-electron chi connectivity index (χ4n) is 4.68. The van der Waals surface area contributed by atoms with Gasteiger partial charge in [-0.2, -0.15) is 4.99 Å². The molecule has 4 heteroatoms. The Hall–Kier alpha value is -1.98. The standard InChI is InChI=1S/C28H31ClFNS/c1-3-5-6-7-20-8-11-24(12-9-20)25-15-14-23(22(4-2)18-25)13-10-21-16-26(29)28(31-19-32)27(30)17-21/h14-18,20,24H,3-9,11-12H2,1-2H3. The Bertz CT molecular complexity index is 1010. The van der Waals surface area contributed by atoms with Gasteiger partial charge in [0, 0.05) is 11.1 Å². The van der Waals surface area contributed by atoms with Gasteiger partial charge in [0.2, 0.25) is 0 Å². The van der Waals surface area contributed by atoms with Crippen molar-refractivity contribution in [1.29, 1.82) is 0 Å². The van der Waals surface area contributed by atoms with Gasteiger partial charge >= 0.3 is 0 Å². The number of hydrogen-bond donors (Lipinski definition) is 0. The van der Waals surface area contributed by atoms with Crippen molar-refractivity contribution in [3.05, 3.63) is 63.4 Å². The highest BCUT2D eigenvalue weighted by Crippen LogP contribution is 2.38. The Kier molecular flexibility index (Phi) is 9.49. The van der Waals surface area contributed by atoms with Crippen LogP contribution in [0.4, 0.5) is 10.1 Å². The molecule has 0 spiro atoms. The molecule has 1 saturated carbocycles. The van der Waals surface area contributed by atoms with Gasteiger partial charge in [-0.05, 0) is 85.5 Å². The predicted molar refractivity (Wildman–Crippen MR) is 137 cm³/mol. The Morgan fingerprint density at radius 1 is 1.06 bits per heavy atom. The minimum Gasteiger partial charge on any atom is -0.204 e. The van der Waals surface area contributed by atoms with Crippen LogP contribution >= 0.6 is 23.8 Å². The summed E-state index contributed by atoms with van der Waals surface area (Å²) in [5.41, 5.74) is 4.20. The third-order valence-corrected chi connectivity index (χ3v) is 6.94. The molecule has 0 aliphatic heterocycles. The van der Waals surface area contributed by atoms with Crippen LogP contribution in [0, 0.1) is 23.6 Å². The number of thiocarbonyl (C=S) groups is 1. The first-order valence-corrected chi connectivity index (χ1v) is 12.6. The summed E-state index contributed by atoms with van der Waals surface area (Å²) in [6.07, 6.45) is 11.7. The van der Waals surface area contributed by atoms with Crippen molar-refractivity contribution >= 4 is 34.7 Å². The van der Waals surface area contributed by atoms with Gasteiger partial charge in [0.15, 0.2) is 5.82 Å². The van der Waals surface area contributed by atoms with Crippen LogP contribution in [0.5, 0.6) is 0 Å². The first kappa shape index (κ1) is 24.7. The van der Waals surface area contributed by atoms with E-state index in [2.05, 4.69) is 66.3 Å². The number of halogens is 2. The van der Waals surface area contributed by atoms with E-state index < -0.39 is 5.82 Å². The molecule has 2 aromatic rings. The summed E-state index contributed by atoms with van der Waals surface area (Å²) in [4.78, 5) is 3.68. The Labute approximate surface area is 202 Å². The second kappa shape index (κ2) is 12.3. The molecule has 32 heavy (non-hydrogen) atoms. The van der Waals surface area contributed by atoms with Crippen molar-refractivity contribution in [2.24, 2.45) is 10.9 Å². The summed E-state index contributed by atoms with van der Waals surface area (Å²) < 4.78 is 14.2. The number of benzene rings is 2. The molecule has 1 aliphatic carbocycles. The topological polar surface area (TPSA) is 12.4 Å². The van der Waals surface area contributed by atoms with E-state index in [1.54, 1.807) is 6.07 Å². The molecule has 0 amide bonds. The average molecular weight is 468 g/mol. The molecule has 1 fully saturated rings. The van der Waals surface area contributed by atoms with Crippen molar-refractivity contribution in [3.8, 4) is 11.8 Å². The van der Waals surface area contributed by atoms with E-state index in [0.717, 1.165) is 17.9 Å². The van der Waals surface area contributed by atoms with E-state index >= 15 is 0 Å². The van der Waals surface area contributed by atoms with Crippen molar-refractivity contribution < 1.29 is 4.39 Å². The molecular formula is C28H31ClFNS. The van der Waals surface area contributed by atoms with Gasteiger partial charge in [0.1, 0.15) is 5.69 Å². The second-order valence-electron chi connectivity index (χ2n) is 8.73. The fourth-order valence-corrected chi connectivity index (χ4v) is 5.02. The molecule has 1 aliphatic rings. The lowest BCUT2D eigenvalue weighted by molar-refractivity contribution is 0.302. The van der Waals surface area contributed by atoms with Crippen molar-refractivity contribution in [2.45, 2.75) is 77.6 Å². The van der Waals surface area contributed by atoms with Gasteiger partial charge in [0.05, 0.1) is 10.2 Å². The molecule has 0 saturated heterocycles. The third kappa shape index (κ3) is 6.52. The largest absolute Gasteiger partial charge is 0.204 e. The Morgan fingerprint density at radius 2 is 1.84 bits per heavy atom.